The van der Waals surface area contributed by atoms with E-state index in [2.05, 4.69) is 9.97 Å². The third-order valence-electron chi connectivity index (χ3n) is 3.34. The minimum Gasteiger partial charge on any atom is -0.288 e. The molecule has 3 aromatic rings. The zero-order chi connectivity index (χ0) is 12.1. The van der Waals surface area contributed by atoms with E-state index >= 15 is 0 Å². The summed E-state index contributed by atoms with van der Waals surface area (Å²) in [6, 6.07) is 9.71. The van der Waals surface area contributed by atoms with Gasteiger partial charge in [0.25, 0.3) is 5.56 Å². The van der Waals surface area contributed by atoms with Crippen molar-refractivity contribution in [3.8, 4) is 11.4 Å². The lowest BCUT2D eigenvalue weighted by molar-refractivity contribution is 0.796. The molecule has 0 saturated carbocycles. The Bertz CT molecular complexity index is 836. The molecule has 0 atom stereocenters. The Morgan fingerprint density at radius 3 is 3.00 bits per heavy atom. The molecule has 2 aromatic heterocycles. The van der Waals surface area contributed by atoms with Crippen LogP contribution in [-0.2, 0) is 6.54 Å². The molecule has 0 radical (unpaired) electrons. The van der Waals surface area contributed by atoms with E-state index in [1.54, 1.807) is 23.0 Å². The molecule has 3 heterocycles. The molecule has 4 heteroatoms. The third kappa shape index (κ3) is 1.12. The van der Waals surface area contributed by atoms with Gasteiger partial charge in [0.2, 0.25) is 0 Å². The Morgan fingerprint density at radius 1 is 1.17 bits per heavy atom. The Kier molecular flexibility index (Phi) is 1.73. The second-order valence-electron chi connectivity index (χ2n) is 4.38. The number of benzene rings is 1. The molecule has 4 rings (SSSR count). The summed E-state index contributed by atoms with van der Waals surface area (Å²) in [5.41, 5.74) is 2.85. The maximum atomic E-state index is 12.4. The van der Waals surface area contributed by atoms with E-state index in [4.69, 9.17) is 0 Å². The van der Waals surface area contributed by atoms with Gasteiger partial charge < -0.3 is 0 Å². The number of hydrogen-bond donors (Lipinski definition) is 0. The molecular weight excluding hydrogens is 226 g/mol. The number of hydrogen-bond acceptors (Lipinski definition) is 3. The lowest BCUT2D eigenvalue weighted by atomic mass is 10.1. The van der Waals surface area contributed by atoms with Gasteiger partial charge in [-0.3, -0.25) is 14.3 Å². The van der Waals surface area contributed by atoms with Gasteiger partial charge in [0, 0.05) is 11.8 Å². The number of pyridine rings is 1. The van der Waals surface area contributed by atoms with Crippen molar-refractivity contribution in [1.82, 2.24) is 14.5 Å². The molecule has 0 aliphatic carbocycles. The van der Waals surface area contributed by atoms with Crippen LogP contribution in [0.4, 0.5) is 0 Å². The van der Waals surface area contributed by atoms with Gasteiger partial charge in [0.15, 0.2) is 0 Å². The Morgan fingerprint density at radius 2 is 2.06 bits per heavy atom. The molecule has 1 aromatic carbocycles. The maximum Gasteiger partial charge on any atom is 0.262 e. The van der Waals surface area contributed by atoms with Gasteiger partial charge in [0.1, 0.15) is 5.82 Å². The van der Waals surface area contributed by atoms with E-state index in [9.17, 15) is 4.79 Å². The second kappa shape index (κ2) is 3.26. The summed E-state index contributed by atoms with van der Waals surface area (Å²) < 4.78 is 1.73. The lowest BCUT2D eigenvalue weighted by Crippen LogP contribution is -2.20. The molecule has 1 aliphatic rings. The van der Waals surface area contributed by atoms with Gasteiger partial charge in [-0.15, -0.1) is 0 Å². The monoisotopic (exact) mass is 235 g/mol. The summed E-state index contributed by atoms with van der Waals surface area (Å²) >= 11 is 0. The van der Waals surface area contributed by atoms with Gasteiger partial charge in [-0.2, -0.15) is 0 Å². The van der Waals surface area contributed by atoms with E-state index in [1.807, 2.05) is 24.3 Å². The van der Waals surface area contributed by atoms with Crippen LogP contribution >= 0.6 is 0 Å². The Hall–Kier alpha value is -2.49. The number of fused-ring (bicyclic) bond motifs is 4. The van der Waals surface area contributed by atoms with Crippen molar-refractivity contribution in [2.75, 3.05) is 0 Å². The Labute approximate surface area is 103 Å². The van der Waals surface area contributed by atoms with Crippen LogP contribution in [0.25, 0.3) is 22.3 Å². The highest BCUT2D eigenvalue weighted by atomic mass is 16.1. The van der Waals surface area contributed by atoms with Crippen LogP contribution in [0.5, 0.6) is 0 Å². The highest BCUT2D eigenvalue weighted by Gasteiger charge is 2.21. The summed E-state index contributed by atoms with van der Waals surface area (Å²) in [7, 11) is 0. The quantitative estimate of drug-likeness (QED) is 0.467. The maximum absolute atomic E-state index is 12.4. The van der Waals surface area contributed by atoms with Crippen molar-refractivity contribution in [3.63, 3.8) is 0 Å². The van der Waals surface area contributed by atoms with Crippen molar-refractivity contribution in [2.45, 2.75) is 6.54 Å². The van der Waals surface area contributed by atoms with Crippen molar-refractivity contribution in [3.05, 3.63) is 58.6 Å². The van der Waals surface area contributed by atoms with Crippen molar-refractivity contribution in [2.24, 2.45) is 0 Å². The highest BCUT2D eigenvalue weighted by Crippen LogP contribution is 2.29. The molecule has 0 unspecified atom stereocenters. The van der Waals surface area contributed by atoms with Gasteiger partial charge in [-0.05, 0) is 11.6 Å². The number of rotatable bonds is 0. The van der Waals surface area contributed by atoms with Crippen LogP contribution in [0.15, 0.2) is 47.5 Å². The predicted octanol–water partition coefficient (Wildman–Crippen LogP) is 1.82. The molecule has 0 amide bonds. The van der Waals surface area contributed by atoms with Gasteiger partial charge >= 0.3 is 0 Å². The van der Waals surface area contributed by atoms with Crippen LogP contribution < -0.4 is 5.56 Å². The van der Waals surface area contributed by atoms with Crippen LogP contribution in [-0.4, -0.2) is 14.5 Å². The van der Waals surface area contributed by atoms with E-state index in [1.165, 1.54) is 0 Å². The smallest absolute Gasteiger partial charge is 0.262 e. The van der Waals surface area contributed by atoms with Gasteiger partial charge in [0.05, 0.1) is 23.6 Å². The van der Waals surface area contributed by atoms with Crippen LogP contribution in [0.2, 0.25) is 0 Å². The molecule has 1 aliphatic heterocycles. The van der Waals surface area contributed by atoms with Gasteiger partial charge in [-0.25, -0.2) is 4.98 Å². The topological polar surface area (TPSA) is 47.8 Å². The standard InChI is InChI=1S/C14H9N3O/c18-14-11-5-6-15-7-12(11)16-13-10-4-2-1-3-9(10)8-17(13)14/h1-7H,8H2. The average Bonchev–Trinajstić information content (AvgIpc) is 2.79. The lowest BCUT2D eigenvalue weighted by Gasteiger charge is -2.04. The van der Waals surface area contributed by atoms with E-state index in [0.717, 1.165) is 17.0 Å². The molecule has 18 heavy (non-hydrogen) atoms. The first-order valence-electron chi connectivity index (χ1n) is 5.77. The molecule has 0 N–H and O–H groups in total. The first-order chi connectivity index (χ1) is 8.84. The van der Waals surface area contributed by atoms with E-state index < -0.39 is 0 Å². The zero-order valence-electron chi connectivity index (χ0n) is 9.50. The van der Waals surface area contributed by atoms with Gasteiger partial charge in [-0.1, -0.05) is 24.3 Å². The molecule has 4 nitrogen and oxygen atoms in total. The first kappa shape index (κ1) is 9.53. The minimum atomic E-state index is 0.00796. The second-order valence-corrected chi connectivity index (χ2v) is 4.38. The average molecular weight is 235 g/mol. The molecular formula is C14H9N3O. The summed E-state index contributed by atoms with van der Waals surface area (Å²) in [6.07, 6.45) is 3.26. The fourth-order valence-electron chi connectivity index (χ4n) is 2.47. The highest BCUT2D eigenvalue weighted by molar-refractivity contribution is 5.80. The fourth-order valence-corrected chi connectivity index (χ4v) is 2.47. The minimum absolute atomic E-state index is 0.00796. The molecule has 0 saturated heterocycles. The predicted molar refractivity (Wildman–Crippen MR) is 68.3 cm³/mol. The number of nitrogens with zero attached hydrogens (tertiary/aromatic N) is 3. The van der Waals surface area contributed by atoms with Crippen LogP contribution in [0, 0.1) is 0 Å². The Balaban J connectivity index is 2.16. The van der Waals surface area contributed by atoms with Crippen molar-refractivity contribution < 1.29 is 0 Å². The van der Waals surface area contributed by atoms with Crippen molar-refractivity contribution in [1.29, 1.82) is 0 Å². The van der Waals surface area contributed by atoms with Crippen molar-refractivity contribution >= 4 is 10.9 Å². The fraction of sp³-hybridized carbons (Fsp3) is 0.0714. The summed E-state index contributed by atoms with van der Waals surface area (Å²) in [4.78, 5) is 21.0. The van der Waals surface area contributed by atoms with Crippen LogP contribution in [0.3, 0.4) is 0 Å². The largest absolute Gasteiger partial charge is 0.288 e. The molecule has 0 spiro atoms. The SMILES string of the molecule is O=c1c2ccncc2nc2n1Cc1ccccc1-2. The summed E-state index contributed by atoms with van der Waals surface area (Å²) in [5.74, 6) is 0.746. The number of aromatic nitrogens is 3. The summed E-state index contributed by atoms with van der Waals surface area (Å²) in [6.45, 7) is 0.607. The molecule has 0 bridgehead atoms. The third-order valence-corrected chi connectivity index (χ3v) is 3.34. The zero-order valence-corrected chi connectivity index (χ0v) is 9.50. The first-order valence-corrected chi connectivity index (χ1v) is 5.77. The summed E-state index contributed by atoms with van der Waals surface area (Å²) in [5, 5.41) is 0.626. The molecule has 0 fully saturated rings. The molecule has 86 valence electrons. The van der Waals surface area contributed by atoms with Crippen LogP contribution in [0.1, 0.15) is 5.56 Å². The van der Waals surface area contributed by atoms with E-state index in [0.29, 0.717) is 17.4 Å². The normalized spacial score (nSPS) is 12.4. The van der Waals surface area contributed by atoms with E-state index in [-0.39, 0.29) is 5.56 Å².